The second-order valence-corrected chi connectivity index (χ2v) is 5.76. The van der Waals surface area contributed by atoms with Crippen molar-refractivity contribution in [3.8, 4) is 0 Å². The van der Waals surface area contributed by atoms with E-state index >= 15 is 0 Å². The third kappa shape index (κ3) is 5.25. The first-order valence-corrected chi connectivity index (χ1v) is 8.12. The maximum atomic E-state index is 12.2. The van der Waals surface area contributed by atoms with Crippen LogP contribution in [0.15, 0.2) is 29.3 Å². The molecule has 23 heavy (non-hydrogen) atoms. The highest BCUT2D eigenvalue weighted by Crippen LogP contribution is 2.08. The molecule has 1 aliphatic rings. The van der Waals surface area contributed by atoms with Gasteiger partial charge in [-0.2, -0.15) is 0 Å². The summed E-state index contributed by atoms with van der Waals surface area (Å²) >= 11 is 0. The lowest BCUT2D eigenvalue weighted by Gasteiger charge is -2.27. The Labute approximate surface area is 137 Å². The van der Waals surface area contributed by atoms with Gasteiger partial charge in [0.2, 0.25) is 0 Å². The molecule has 1 unspecified atom stereocenters. The topological polar surface area (TPSA) is 80.0 Å². The second-order valence-electron chi connectivity index (χ2n) is 5.76. The van der Waals surface area contributed by atoms with E-state index in [2.05, 4.69) is 10.3 Å². The normalized spacial score (nSPS) is 17.0. The fourth-order valence-electron chi connectivity index (χ4n) is 2.28. The molecule has 2 rings (SSSR count). The highest BCUT2D eigenvalue weighted by Gasteiger charge is 2.12. The zero-order valence-electron chi connectivity index (χ0n) is 13.9. The maximum absolute atomic E-state index is 12.2. The minimum atomic E-state index is -0.0497. The van der Waals surface area contributed by atoms with Gasteiger partial charge in [0.05, 0.1) is 19.8 Å². The van der Waals surface area contributed by atoms with Gasteiger partial charge in [0.1, 0.15) is 0 Å². The molecule has 0 radical (unpaired) electrons. The van der Waals surface area contributed by atoms with Gasteiger partial charge in [-0.1, -0.05) is 19.1 Å². The van der Waals surface area contributed by atoms with Crippen molar-refractivity contribution in [3.05, 3.63) is 35.4 Å². The molecule has 1 fully saturated rings. The quantitative estimate of drug-likeness (QED) is 0.634. The third-order valence-corrected chi connectivity index (χ3v) is 3.94. The molecule has 0 spiro atoms. The Kier molecular flexibility index (Phi) is 6.40. The number of amides is 1. The number of rotatable bonds is 5. The highest BCUT2D eigenvalue weighted by molar-refractivity contribution is 5.94. The number of nitrogens with two attached hydrogens (primary N) is 1. The Morgan fingerprint density at radius 2 is 2.17 bits per heavy atom. The van der Waals surface area contributed by atoms with Gasteiger partial charge in [0.15, 0.2) is 5.96 Å². The summed E-state index contributed by atoms with van der Waals surface area (Å²) in [7, 11) is 0. The van der Waals surface area contributed by atoms with E-state index < -0.39 is 0 Å². The fraction of sp³-hybridized carbons (Fsp3) is 0.529. The Hall–Kier alpha value is -2.08. The van der Waals surface area contributed by atoms with E-state index in [1.807, 2.05) is 43.0 Å². The molecule has 126 valence electrons. The first-order chi connectivity index (χ1) is 11.1. The molecule has 3 N–H and O–H groups in total. The number of morpholine rings is 1. The molecule has 0 aliphatic carbocycles. The van der Waals surface area contributed by atoms with Crippen LogP contribution in [-0.2, 0) is 11.3 Å². The van der Waals surface area contributed by atoms with Crippen LogP contribution in [0.3, 0.4) is 0 Å². The van der Waals surface area contributed by atoms with Gasteiger partial charge in [-0.15, -0.1) is 0 Å². The summed E-state index contributed by atoms with van der Waals surface area (Å²) in [5, 5.41) is 2.97. The molecule has 1 amide bonds. The highest BCUT2D eigenvalue weighted by atomic mass is 16.5. The van der Waals surface area contributed by atoms with E-state index in [1.165, 1.54) is 0 Å². The number of hydrogen-bond donors (Lipinski definition) is 2. The Bertz CT molecular complexity index is 553. The first-order valence-electron chi connectivity index (χ1n) is 8.12. The largest absolute Gasteiger partial charge is 0.378 e. The number of ether oxygens (including phenoxy) is 1. The minimum Gasteiger partial charge on any atom is -0.378 e. The van der Waals surface area contributed by atoms with Crippen molar-refractivity contribution in [1.29, 1.82) is 0 Å². The molecule has 0 saturated carbocycles. The molecule has 0 aromatic heterocycles. The number of carbonyl (C=O) groups excluding carboxylic acids is 1. The van der Waals surface area contributed by atoms with E-state index in [9.17, 15) is 4.79 Å². The smallest absolute Gasteiger partial charge is 0.251 e. The fourth-order valence-corrected chi connectivity index (χ4v) is 2.28. The number of nitrogens with one attached hydrogen (secondary N) is 1. The minimum absolute atomic E-state index is 0.0497. The molecule has 6 heteroatoms. The van der Waals surface area contributed by atoms with Crippen molar-refractivity contribution in [1.82, 2.24) is 10.2 Å². The van der Waals surface area contributed by atoms with Crippen LogP contribution in [0.4, 0.5) is 0 Å². The molecule has 6 nitrogen and oxygen atoms in total. The van der Waals surface area contributed by atoms with E-state index in [0.29, 0.717) is 31.3 Å². The van der Waals surface area contributed by atoms with Crippen LogP contribution in [0.5, 0.6) is 0 Å². The first kappa shape index (κ1) is 17.3. The average Bonchev–Trinajstić information content (AvgIpc) is 2.60. The molecule has 1 aromatic carbocycles. The number of benzene rings is 1. The lowest BCUT2D eigenvalue weighted by Crippen LogP contribution is -2.44. The standard InChI is InChI=1S/C17H26N4O2/c1-3-13(2)20-16(22)15-6-4-5-14(11-15)12-19-17(18)21-7-9-23-10-8-21/h4-6,11,13H,3,7-10,12H2,1-2H3,(H2,18,19)(H,20,22). The third-order valence-electron chi connectivity index (χ3n) is 3.94. The van der Waals surface area contributed by atoms with Gasteiger partial charge in [-0.05, 0) is 31.0 Å². The second kappa shape index (κ2) is 8.53. The van der Waals surface area contributed by atoms with Gasteiger partial charge in [-0.3, -0.25) is 4.79 Å². The zero-order valence-corrected chi connectivity index (χ0v) is 13.9. The van der Waals surface area contributed by atoms with Crippen LogP contribution in [0.25, 0.3) is 0 Å². The molecule has 1 atom stereocenters. The van der Waals surface area contributed by atoms with Gasteiger partial charge >= 0.3 is 0 Å². The van der Waals surface area contributed by atoms with E-state index in [0.717, 1.165) is 25.1 Å². The average molecular weight is 318 g/mol. The van der Waals surface area contributed by atoms with Gasteiger partial charge < -0.3 is 20.7 Å². The van der Waals surface area contributed by atoms with Crippen LogP contribution in [0, 0.1) is 0 Å². The molecule has 1 aromatic rings. The van der Waals surface area contributed by atoms with Crippen molar-refractivity contribution >= 4 is 11.9 Å². The number of carbonyl (C=O) groups is 1. The van der Waals surface area contributed by atoms with Crippen molar-refractivity contribution in [2.45, 2.75) is 32.9 Å². The molecular formula is C17H26N4O2. The van der Waals surface area contributed by atoms with Crippen LogP contribution in [0.1, 0.15) is 36.2 Å². The van der Waals surface area contributed by atoms with Gasteiger partial charge in [0.25, 0.3) is 5.91 Å². The molecule has 1 heterocycles. The SMILES string of the molecule is CCC(C)NC(=O)c1cccc(CN=C(N)N2CCOCC2)c1. The maximum Gasteiger partial charge on any atom is 0.251 e. The zero-order chi connectivity index (χ0) is 16.7. The van der Waals surface area contributed by atoms with Crippen LogP contribution >= 0.6 is 0 Å². The Morgan fingerprint density at radius 1 is 1.43 bits per heavy atom. The lowest BCUT2D eigenvalue weighted by molar-refractivity contribution is 0.0674. The van der Waals surface area contributed by atoms with Crippen LogP contribution in [-0.4, -0.2) is 49.1 Å². The summed E-state index contributed by atoms with van der Waals surface area (Å²) in [4.78, 5) is 18.6. The van der Waals surface area contributed by atoms with E-state index in [4.69, 9.17) is 10.5 Å². The Morgan fingerprint density at radius 3 is 2.87 bits per heavy atom. The van der Waals surface area contributed by atoms with Crippen LogP contribution in [0.2, 0.25) is 0 Å². The number of aliphatic imine (C=N–C) groups is 1. The predicted octanol–water partition coefficient (Wildman–Crippen LogP) is 1.36. The van der Waals surface area contributed by atoms with Crippen molar-refractivity contribution in [2.24, 2.45) is 10.7 Å². The summed E-state index contributed by atoms with van der Waals surface area (Å²) in [6, 6.07) is 7.68. The lowest BCUT2D eigenvalue weighted by atomic mass is 10.1. The van der Waals surface area contributed by atoms with E-state index in [1.54, 1.807) is 0 Å². The van der Waals surface area contributed by atoms with Crippen molar-refractivity contribution < 1.29 is 9.53 Å². The van der Waals surface area contributed by atoms with Gasteiger partial charge in [-0.25, -0.2) is 4.99 Å². The molecular weight excluding hydrogens is 292 g/mol. The van der Waals surface area contributed by atoms with Crippen LogP contribution < -0.4 is 11.1 Å². The monoisotopic (exact) mass is 318 g/mol. The predicted molar refractivity (Wildman–Crippen MR) is 91.4 cm³/mol. The van der Waals surface area contributed by atoms with Crippen molar-refractivity contribution in [2.75, 3.05) is 26.3 Å². The van der Waals surface area contributed by atoms with E-state index in [-0.39, 0.29) is 11.9 Å². The summed E-state index contributed by atoms with van der Waals surface area (Å²) in [6.45, 7) is 7.41. The molecule has 1 saturated heterocycles. The summed E-state index contributed by atoms with van der Waals surface area (Å²) in [5.41, 5.74) is 7.65. The Balaban J connectivity index is 1.97. The summed E-state index contributed by atoms with van der Waals surface area (Å²) < 4.78 is 5.30. The molecule has 1 aliphatic heterocycles. The van der Waals surface area contributed by atoms with Gasteiger partial charge in [0, 0.05) is 24.7 Å². The summed E-state index contributed by atoms with van der Waals surface area (Å²) in [5.74, 6) is 0.481. The summed E-state index contributed by atoms with van der Waals surface area (Å²) in [6.07, 6.45) is 0.909. The van der Waals surface area contributed by atoms with Crippen molar-refractivity contribution in [3.63, 3.8) is 0 Å². The number of nitrogens with zero attached hydrogens (tertiary/aromatic N) is 2. The molecule has 0 bridgehead atoms. The number of hydrogen-bond acceptors (Lipinski definition) is 3. The number of guanidine groups is 1.